The molecule has 0 saturated heterocycles. The van der Waals surface area contributed by atoms with Crippen molar-refractivity contribution in [1.29, 1.82) is 0 Å². The fourth-order valence-corrected chi connectivity index (χ4v) is 1.19. The Morgan fingerprint density at radius 2 is 2.47 bits per heavy atom. The van der Waals surface area contributed by atoms with E-state index in [1.807, 2.05) is 13.1 Å². The van der Waals surface area contributed by atoms with E-state index in [0.717, 1.165) is 5.56 Å². The van der Waals surface area contributed by atoms with Gasteiger partial charge in [-0.3, -0.25) is 9.48 Å². The predicted octanol–water partition coefficient (Wildman–Crippen LogP) is 0.344. The number of hydrogen-bond donors (Lipinski definition) is 1. The van der Waals surface area contributed by atoms with Crippen LogP contribution in [-0.4, -0.2) is 35.9 Å². The van der Waals surface area contributed by atoms with E-state index in [-0.39, 0.29) is 5.91 Å². The molecule has 0 unspecified atom stereocenters. The first kappa shape index (κ1) is 11.7. The Morgan fingerprint density at radius 3 is 3.07 bits per heavy atom. The van der Waals surface area contributed by atoms with Gasteiger partial charge in [0.2, 0.25) is 5.91 Å². The Kier molecular flexibility index (Phi) is 4.83. The maximum absolute atomic E-state index is 11.3. The Hall–Kier alpha value is -1.36. The number of ether oxygens (including phenoxy) is 1. The summed E-state index contributed by atoms with van der Waals surface area (Å²) in [5.74, 6) is 0.0280. The second-order valence-corrected chi connectivity index (χ2v) is 3.37. The van der Waals surface area contributed by atoms with E-state index >= 15 is 0 Å². The van der Waals surface area contributed by atoms with Crippen molar-refractivity contribution in [2.75, 3.05) is 20.3 Å². The van der Waals surface area contributed by atoms with E-state index in [0.29, 0.717) is 26.1 Å². The molecule has 84 valence electrons. The van der Waals surface area contributed by atoms with Gasteiger partial charge in [-0.1, -0.05) is 0 Å². The quantitative estimate of drug-likeness (QED) is 0.690. The van der Waals surface area contributed by atoms with Crippen LogP contribution in [0.2, 0.25) is 0 Å². The zero-order valence-corrected chi connectivity index (χ0v) is 9.19. The predicted molar refractivity (Wildman–Crippen MR) is 56.5 cm³/mol. The molecule has 15 heavy (non-hydrogen) atoms. The van der Waals surface area contributed by atoms with Crippen molar-refractivity contribution in [3.63, 3.8) is 0 Å². The Bertz CT molecular complexity index is 309. The van der Waals surface area contributed by atoms with Crippen LogP contribution in [0.15, 0.2) is 12.4 Å². The molecule has 0 aromatic carbocycles. The van der Waals surface area contributed by atoms with E-state index in [4.69, 9.17) is 4.74 Å². The topological polar surface area (TPSA) is 56.1 Å². The highest BCUT2D eigenvalue weighted by atomic mass is 16.5. The number of aryl methyl sites for hydroxylation is 2. The van der Waals surface area contributed by atoms with E-state index in [1.54, 1.807) is 18.0 Å². The van der Waals surface area contributed by atoms with Crippen molar-refractivity contribution >= 4 is 5.91 Å². The summed E-state index contributed by atoms with van der Waals surface area (Å²) in [5.41, 5.74) is 1.11. The Morgan fingerprint density at radius 1 is 1.67 bits per heavy atom. The molecule has 0 radical (unpaired) electrons. The molecule has 0 spiro atoms. The number of methoxy groups -OCH3 is 1. The van der Waals surface area contributed by atoms with E-state index in [9.17, 15) is 4.79 Å². The summed E-state index contributed by atoms with van der Waals surface area (Å²) in [7, 11) is 1.61. The van der Waals surface area contributed by atoms with E-state index < -0.39 is 0 Å². The normalized spacial score (nSPS) is 10.3. The lowest BCUT2D eigenvalue weighted by atomic mass is 10.4. The van der Waals surface area contributed by atoms with Gasteiger partial charge >= 0.3 is 0 Å². The number of carbonyl (C=O) groups is 1. The third-order valence-corrected chi connectivity index (χ3v) is 1.96. The van der Waals surface area contributed by atoms with Crippen LogP contribution in [-0.2, 0) is 16.1 Å². The summed E-state index contributed by atoms with van der Waals surface area (Å²) in [6.45, 7) is 3.70. The van der Waals surface area contributed by atoms with Crippen molar-refractivity contribution in [3.8, 4) is 0 Å². The number of hydrogen-bond acceptors (Lipinski definition) is 3. The summed E-state index contributed by atoms with van der Waals surface area (Å²) in [6, 6.07) is 0. The molecule has 0 aliphatic rings. The minimum absolute atomic E-state index is 0.0280. The lowest BCUT2D eigenvalue weighted by Gasteiger charge is -2.04. The van der Waals surface area contributed by atoms with Crippen molar-refractivity contribution < 1.29 is 9.53 Å². The number of nitrogens with zero attached hydrogens (tertiary/aromatic N) is 2. The van der Waals surface area contributed by atoms with Crippen molar-refractivity contribution in [1.82, 2.24) is 15.1 Å². The van der Waals surface area contributed by atoms with Crippen molar-refractivity contribution in [2.24, 2.45) is 0 Å². The lowest BCUT2D eigenvalue weighted by Crippen LogP contribution is -2.27. The van der Waals surface area contributed by atoms with Crippen LogP contribution in [0.1, 0.15) is 12.0 Å². The number of carbonyl (C=O) groups excluding carboxylic acids is 1. The highest BCUT2D eigenvalue weighted by Crippen LogP contribution is 1.95. The SMILES string of the molecule is COCCNC(=O)CCn1cc(C)cn1. The molecule has 0 saturated carbocycles. The van der Waals surface area contributed by atoms with Gasteiger partial charge in [0.15, 0.2) is 0 Å². The number of rotatable bonds is 6. The number of amides is 1. The largest absolute Gasteiger partial charge is 0.383 e. The molecule has 1 rings (SSSR count). The summed E-state index contributed by atoms with van der Waals surface area (Å²) in [6.07, 6.45) is 4.15. The molecule has 1 N–H and O–H groups in total. The number of aromatic nitrogens is 2. The lowest BCUT2D eigenvalue weighted by molar-refractivity contribution is -0.121. The van der Waals surface area contributed by atoms with Crippen LogP contribution in [0.25, 0.3) is 0 Å². The third kappa shape index (κ3) is 4.60. The molecule has 0 fully saturated rings. The summed E-state index contributed by atoms with van der Waals surface area (Å²) >= 11 is 0. The third-order valence-electron chi connectivity index (χ3n) is 1.96. The van der Waals surface area contributed by atoms with Crippen LogP contribution in [0.4, 0.5) is 0 Å². The molecular formula is C10H17N3O2. The second-order valence-electron chi connectivity index (χ2n) is 3.37. The molecule has 0 aliphatic carbocycles. The summed E-state index contributed by atoms with van der Waals surface area (Å²) < 4.78 is 6.60. The highest BCUT2D eigenvalue weighted by Gasteiger charge is 2.01. The monoisotopic (exact) mass is 211 g/mol. The summed E-state index contributed by atoms with van der Waals surface area (Å²) in [4.78, 5) is 11.3. The smallest absolute Gasteiger partial charge is 0.221 e. The van der Waals surface area contributed by atoms with Crippen LogP contribution in [0.3, 0.4) is 0 Å². The molecular weight excluding hydrogens is 194 g/mol. The zero-order chi connectivity index (χ0) is 11.1. The fourth-order valence-electron chi connectivity index (χ4n) is 1.19. The molecule has 0 aliphatic heterocycles. The van der Waals surface area contributed by atoms with Crippen molar-refractivity contribution in [2.45, 2.75) is 19.9 Å². The highest BCUT2D eigenvalue weighted by molar-refractivity contribution is 5.75. The maximum Gasteiger partial charge on any atom is 0.221 e. The van der Waals surface area contributed by atoms with E-state index in [1.165, 1.54) is 0 Å². The first-order valence-corrected chi connectivity index (χ1v) is 4.97. The molecule has 1 heterocycles. The van der Waals surface area contributed by atoms with Gasteiger partial charge in [0.25, 0.3) is 0 Å². The second kappa shape index (κ2) is 6.19. The zero-order valence-electron chi connectivity index (χ0n) is 9.19. The van der Waals surface area contributed by atoms with Gasteiger partial charge in [-0.2, -0.15) is 5.10 Å². The van der Waals surface area contributed by atoms with Crippen LogP contribution < -0.4 is 5.32 Å². The van der Waals surface area contributed by atoms with Gasteiger partial charge in [-0.25, -0.2) is 0 Å². The minimum atomic E-state index is 0.0280. The van der Waals surface area contributed by atoms with Gasteiger partial charge in [-0.15, -0.1) is 0 Å². The van der Waals surface area contributed by atoms with Crippen LogP contribution >= 0.6 is 0 Å². The average Bonchev–Trinajstić information content (AvgIpc) is 2.62. The van der Waals surface area contributed by atoms with Crippen LogP contribution in [0.5, 0.6) is 0 Å². The molecule has 5 heteroatoms. The minimum Gasteiger partial charge on any atom is -0.383 e. The molecule has 5 nitrogen and oxygen atoms in total. The number of nitrogens with one attached hydrogen (secondary N) is 1. The fraction of sp³-hybridized carbons (Fsp3) is 0.600. The van der Waals surface area contributed by atoms with E-state index in [2.05, 4.69) is 10.4 Å². The van der Waals surface area contributed by atoms with Crippen LogP contribution in [0, 0.1) is 6.92 Å². The average molecular weight is 211 g/mol. The van der Waals surface area contributed by atoms with Gasteiger partial charge in [0.1, 0.15) is 0 Å². The Labute approximate surface area is 89.4 Å². The maximum atomic E-state index is 11.3. The van der Waals surface area contributed by atoms with Crippen molar-refractivity contribution in [3.05, 3.63) is 18.0 Å². The molecule has 0 bridgehead atoms. The Balaban J connectivity index is 2.16. The molecule has 1 amide bonds. The van der Waals surface area contributed by atoms with Gasteiger partial charge < -0.3 is 10.1 Å². The molecule has 1 aromatic heterocycles. The van der Waals surface area contributed by atoms with Gasteiger partial charge in [-0.05, 0) is 12.5 Å². The summed E-state index contributed by atoms with van der Waals surface area (Å²) in [5, 5.41) is 6.85. The molecule has 0 atom stereocenters. The first-order valence-electron chi connectivity index (χ1n) is 4.97. The molecule has 1 aromatic rings. The van der Waals surface area contributed by atoms with Gasteiger partial charge in [0.05, 0.1) is 12.8 Å². The standard InChI is InChI=1S/C10H17N3O2/c1-9-7-12-13(8-9)5-3-10(14)11-4-6-15-2/h7-8H,3-6H2,1-2H3,(H,11,14). The van der Waals surface area contributed by atoms with Gasteiger partial charge in [0, 0.05) is 32.8 Å². The first-order chi connectivity index (χ1) is 7.22.